The molecule has 0 fully saturated rings. The quantitative estimate of drug-likeness (QED) is 0.919. The van der Waals surface area contributed by atoms with Crippen molar-refractivity contribution in [2.45, 2.75) is 18.2 Å². The molecule has 0 spiro atoms. The van der Waals surface area contributed by atoms with E-state index in [4.69, 9.17) is 0 Å². The summed E-state index contributed by atoms with van der Waals surface area (Å²) < 4.78 is 26.9. The van der Waals surface area contributed by atoms with Gasteiger partial charge in [-0.15, -0.1) is 0 Å². The van der Waals surface area contributed by atoms with E-state index >= 15 is 0 Å². The largest absolute Gasteiger partial charge is 0.279 e. The first kappa shape index (κ1) is 12.6. The maximum absolute atomic E-state index is 12.2. The normalized spacial score (nSPS) is 11.2. The van der Waals surface area contributed by atoms with Crippen LogP contribution in [0.2, 0.25) is 0 Å². The van der Waals surface area contributed by atoms with Crippen molar-refractivity contribution in [1.29, 1.82) is 0 Å². The third-order valence-corrected chi connectivity index (χ3v) is 4.08. The number of benzene rings is 2. The second kappa shape index (κ2) is 5.23. The van der Waals surface area contributed by atoms with Crippen LogP contribution in [0.4, 0.5) is 5.69 Å². The zero-order valence-corrected chi connectivity index (χ0v) is 10.9. The summed E-state index contributed by atoms with van der Waals surface area (Å²) in [6.45, 7) is 2.00. The van der Waals surface area contributed by atoms with Crippen LogP contribution in [0.5, 0.6) is 0 Å². The van der Waals surface area contributed by atoms with Crippen molar-refractivity contribution in [1.82, 2.24) is 0 Å². The fourth-order valence-corrected chi connectivity index (χ4v) is 2.85. The predicted molar refractivity (Wildman–Crippen MR) is 73.1 cm³/mol. The van der Waals surface area contributed by atoms with Gasteiger partial charge in [0.25, 0.3) is 10.0 Å². The van der Waals surface area contributed by atoms with Gasteiger partial charge in [0.1, 0.15) is 0 Å². The zero-order valence-electron chi connectivity index (χ0n) is 10.1. The smallest absolute Gasteiger partial charge is 0.261 e. The molecule has 2 rings (SSSR count). The Morgan fingerprint density at radius 2 is 1.56 bits per heavy atom. The molecule has 4 heteroatoms. The van der Waals surface area contributed by atoms with Crippen molar-refractivity contribution < 1.29 is 8.42 Å². The molecule has 0 amide bonds. The Morgan fingerprint density at radius 1 is 0.944 bits per heavy atom. The second-order valence-corrected chi connectivity index (χ2v) is 5.61. The van der Waals surface area contributed by atoms with E-state index < -0.39 is 10.0 Å². The highest BCUT2D eigenvalue weighted by atomic mass is 32.2. The van der Waals surface area contributed by atoms with Crippen molar-refractivity contribution >= 4 is 15.7 Å². The van der Waals surface area contributed by atoms with Crippen molar-refractivity contribution in [2.24, 2.45) is 0 Å². The van der Waals surface area contributed by atoms with Crippen LogP contribution < -0.4 is 4.72 Å². The fourth-order valence-electron chi connectivity index (χ4n) is 1.73. The minimum absolute atomic E-state index is 0.274. The van der Waals surface area contributed by atoms with Gasteiger partial charge in [0.15, 0.2) is 0 Å². The number of nitrogens with one attached hydrogen (secondary N) is 1. The molecule has 0 bridgehead atoms. The van der Waals surface area contributed by atoms with Gasteiger partial charge in [0, 0.05) is 0 Å². The molecule has 2 aromatic rings. The molecule has 0 aromatic heterocycles. The van der Waals surface area contributed by atoms with E-state index in [2.05, 4.69) is 4.72 Å². The molecule has 2 aromatic carbocycles. The van der Waals surface area contributed by atoms with Crippen LogP contribution in [0.25, 0.3) is 0 Å². The van der Waals surface area contributed by atoms with E-state index in [1.165, 1.54) is 0 Å². The lowest BCUT2D eigenvalue weighted by Crippen LogP contribution is -2.13. The van der Waals surface area contributed by atoms with Gasteiger partial charge in [-0.25, -0.2) is 8.42 Å². The van der Waals surface area contributed by atoms with Crippen LogP contribution >= 0.6 is 0 Å². The van der Waals surface area contributed by atoms with Gasteiger partial charge in [-0.1, -0.05) is 43.3 Å². The standard InChI is InChI=1S/C14H15NO2S/c1-2-12-8-6-7-11-14(12)15-18(16,17)13-9-4-3-5-10-13/h3-11,15H,2H2,1H3. The summed E-state index contributed by atoms with van der Waals surface area (Å²) in [5.41, 5.74) is 1.63. The summed E-state index contributed by atoms with van der Waals surface area (Å²) >= 11 is 0. The van der Waals surface area contributed by atoms with Crippen LogP contribution in [0.3, 0.4) is 0 Å². The fraction of sp³-hybridized carbons (Fsp3) is 0.143. The summed E-state index contributed by atoms with van der Waals surface area (Å²) in [5, 5.41) is 0. The molecule has 0 aliphatic carbocycles. The van der Waals surface area contributed by atoms with Crippen LogP contribution in [0.1, 0.15) is 12.5 Å². The van der Waals surface area contributed by atoms with Crippen molar-refractivity contribution in [3.63, 3.8) is 0 Å². The molecule has 0 heterocycles. The average molecular weight is 261 g/mol. The topological polar surface area (TPSA) is 46.2 Å². The van der Waals surface area contributed by atoms with Crippen LogP contribution in [-0.2, 0) is 16.4 Å². The number of hydrogen-bond donors (Lipinski definition) is 1. The van der Waals surface area contributed by atoms with E-state index in [1.54, 1.807) is 36.4 Å². The molecule has 3 nitrogen and oxygen atoms in total. The third kappa shape index (κ3) is 2.71. The van der Waals surface area contributed by atoms with Gasteiger partial charge in [-0.3, -0.25) is 4.72 Å². The molecular formula is C14H15NO2S. The molecule has 0 saturated heterocycles. The van der Waals surface area contributed by atoms with Gasteiger partial charge >= 0.3 is 0 Å². The van der Waals surface area contributed by atoms with E-state index in [1.807, 2.05) is 25.1 Å². The highest BCUT2D eigenvalue weighted by Crippen LogP contribution is 2.20. The number of rotatable bonds is 4. The molecule has 0 unspecified atom stereocenters. The number of aryl methyl sites for hydroxylation is 1. The van der Waals surface area contributed by atoms with Crippen molar-refractivity contribution in [3.05, 3.63) is 60.2 Å². The highest BCUT2D eigenvalue weighted by Gasteiger charge is 2.14. The number of anilines is 1. The van der Waals surface area contributed by atoms with Gasteiger partial charge in [0.05, 0.1) is 10.6 Å². The van der Waals surface area contributed by atoms with Gasteiger partial charge in [0.2, 0.25) is 0 Å². The molecular weight excluding hydrogens is 246 g/mol. The number of para-hydroxylation sites is 1. The number of sulfonamides is 1. The lowest BCUT2D eigenvalue weighted by Gasteiger charge is -2.11. The van der Waals surface area contributed by atoms with Crippen LogP contribution in [0.15, 0.2) is 59.5 Å². The van der Waals surface area contributed by atoms with E-state index in [-0.39, 0.29) is 4.90 Å². The molecule has 0 aliphatic rings. The van der Waals surface area contributed by atoms with Crippen molar-refractivity contribution in [3.8, 4) is 0 Å². The summed E-state index contributed by atoms with van der Waals surface area (Å²) in [6.07, 6.45) is 0.785. The second-order valence-electron chi connectivity index (χ2n) is 3.93. The van der Waals surface area contributed by atoms with Gasteiger partial charge in [-0.05, 0) is 30.2 Å². The maximum atomic E-state index is 12.2. The monoisotopic (exact) mass is 261 g/mol. The van der Waals surface area contributed by atoms with E-state index in [9.17, 15) is 8.42 Å². The first-order chi connectivity index (χ1) is 8.63. The Hall–Kier alpha value is -1.81. The maximum Gasteiger partial charge on any atom is 0.261 e. The molecule has 0 radical (unpaired) electrons. The van der Waals surface area contributed by atoms with Crippen LogP contribution in [0, 0.1) is 0 Å². The third-order valence-electron chi connectivity index (χ3n) is 2.70. The van der Waals surface area contributed by atoms with Crippen molar-refractivity contribution in [2.75, 3.05) is 4.72 Å². The Morgan fingerprint density at radius 3 is 2.22 bits per heavy atom. The molecule has 18 heavy (non-hydrogen) atoms. The van der Waals surface area contributed by atoms with Crippen LogP contribution in [-0.4, -0.2) is 8.42 Å². The average Bonchev–Trinajstić information content (AvgIpc) is 2.40. The van der Waals surface area contributed by atoms with Gasteiger partial charge < -0.3 is 0 Å². The Kier molecular flexibility index (Phi) is 3.67. The Balaban J connectivity index is 2.34. The SMILES string of the molecule is CCc1ccccc1NS(=O)(=O)c1ccccc1. The molecule has 0 atom stereocenters. The summed E-state index contributed by atoms with van der Waals surface area (Å²) in [5.74, 6) is 0. The molecule has 94 valence electrons. The first-order valence-electron chi connectivity index (χ1n) is 5.79. The summed E-state index contributed by atoms with van der Waals surface area (Å²) in [6, 6.07) is 15.8. The minimum Gasteiger partial charge on any atom is -0.279 e. The predicted octanol–water partition coefficient (Wildman–Crippen LogP) is 3.05. The highest BCUT2D eigenvalue weighted by molar-refractivity contribution is 7.92. The lowest BCUT2D eigenvalue weighted by molar-refractivity contribution is 0.601. The lowest BCUT2D eigenvalue weighted by atomic mass is 10.1. The minimum atomic E-state index is -3.50. The van der Waals surface area contributed by atoms with E-state index in [0.29, 0.717) is 5.69 Å². The molecule has 0 aliphatic heterocycles. The van der Waals surface area contributed by atoms with E-state index in [0.717, 1.165) is 12.0 Å². The summed E-state index contributed by atoms with van der Waals surface area (Å²) in [4.78, 5) is 0.274. The summed E-state index contributed by atoms with van der Waals surface area (Å²) in [7, 11) is -3.50. The van der Waals surface area contributed by atoms with Gasteiger partial charge in [-0.2, -0.15) is 0 Å². The first-order valence-corrected chi connectivity index (χ1v) is 7.27. The Bertz CT molecular complexity index is 621. The zero-order chi connectivity index (χ0) is 13.0. The molecule has 0 saturated carbocycles. The number of hydrogen-bond acceptors (Lipinski definition) is 2. The Labute approximate surface area is 108 Å². The molecule has 1 N–H and O–H groups in total.